The molecule has 6 heteroatoms. The van der Waals surface area contributed by atoms with Crippen molar-refractivity contribution >= 4 is 15.9 Å². The first-order chi connectivity index (χ1) is 10.3. The molecule has 1 fully saturated rings. The Hall–Kier alpha value is -0.520. The van der Waals surface area contributed by atoms with Gasteiger partial charge in [0.2, 0.25) is 0 Å². The van der Waals surface area contributed by atoms with Crippen molar-refractivity contribution in [2.75, 3.05) is 19.6 Å². The zero-order valence-electron chi connectivity index (χ0n) is 12.8. The van der Waals surface area contributed by atoms with Crippen LogP contribution in [0.5, 0.6) is 0 Å². The van der Waals surface area contributed by atoms with Crippen molar-refractivity contribution in [1.29, 1.82) is 0 Å². The Kier molecular flexibility index (Phi) is 9.25. The molecule has 1 aliphatic rings. The van der Waals surface area contributed by atoms with Crippen LogP contribution in [0, 0.1) is 5.92 Å². The van der Waals surface area contributed by atoms with E-state index < -0.39 is 0 Å². The Morgan fingerprint density at radius 2 is 1.74 bits per heavy atom. The number of piperidine rings is 1. The molecule has 3 rings (SSSR count). The van der Waals surface area contributed by atoms with Crippen molar-refractivity contribution < 1.29 is 29.2 Å². The van der Waals surface area contributed by atoms with Gasteiger partial charge in [-0.2, -0.15) is 0 Å². The van der Waals surface area contributed by atoms with E-state index in [1.165, 1.54) is 12.8 Å². The molecule has 2 aromatic rings. The lowest BCUT2D eigenvalue weighted by Gasteiger charge is -2.22. The van der Waals surface area contributed by atoms with E-state index >= 15 is 0 Å². The van der Waals surface area contributed by atoms with E-state index in [2.05, 4.69) is 44.8 Å². The van der Waals surface area contributed by atoms with Crippen LogP contribution in [0.15, 0.2) is 45.3 Å². The molecular weight excluding hydrogens is 399 g/mol. The third-order valence-corrected chi connectivity index (χ3v) is 4.51. The van der Waals surface area contributed by atoms with Gasteiger partial charge in [-0.3, -0.25) is 0 Å². The highest BCUT2D eigenvalue weighted by Crippen LogP contribution is 2.24. The molecule has 0 amide bonds. The van der Waals surface area contributed by atoms with Crippen LogP contribution >= 0.6 is 15.9 Å². The van der Waals surface area contributed by atoms with Crippen LogP contribution < -0.4 is 35.4 Å². The summed E-state index contributed by atoms with van der Waals surface area (Å²) < 4.78 is 6.99. The summed E-state index contributed by atoms with van der Waals surface area (Å²) in [6, 6.07) is 12.3. The van der Waals surface area contributed by atoms with Crippen molar-refractivity contribution in [1.82, 2.24) is 10.6 Å². The van der Waals surface area contributed by atoms with Crippen LogP contribution in [0.3, 0.4) is 0 Å². The number of hydrogen-bond acceptors (Lipinski definition) is 3. The minimum atomic E-state index is 0. The van der Waals surface area contributed by atoms with E-state index in [0.717, 1.165) is 53.7 Å². The molecule has 0 spiro atoms. The van der Waals surface area contributed by atoms with Crippen molar-refractivity contribution in [3.63, 3.8) is 0 Å². The van der Waals surface area contributed by atoms with E-state index in [9.17, 15) is 0 Å². The molecule has 1 aromatic carbocycles. The molecule has 1 aromatic heterocycles. The fourth-order valence-corrected chi connectivity index (χ4v) is 2.99. The fourth-order valence-electron chi connectivity index (χ4n) is 2.73. The maximum Gasteiger partial charge on any atom is 0.134 e. The van der Waals surface area contributed by atoms with Crippen LogP contribution in [0.25, 0.3) is 11.3 Å². The van der Waals surface area contributed by atoms with Gasteiger partial charge in [0.05, 0.1) is 6.54 Å². The predicted molar refractivity (Wildman–Crippen MR) is 89.1 cm³/mol. The smallest absolute Gasteiger partial charge is 0.134 e. The highest BCUT2D eigenvalue weighted by Gasteiger charge is 2.12. The number of nitrogens with one attached hydrogen (secondary N) is 2. The van der Waals surface area contributed by atoms with Crippen molar-refractivity contribution in [3.8, 4) is 11.3 Å². The molecular formula is C17H21BrCl2N2O-2. The second-order valence-corrected chi connectivity index (χ2v) is 6.51. The van der Waals surface area contributed by atoms with Crippen LogP contribution in [-0.2, 0) is 6.54 Å². The lowest BCUT2D eigenvalue weighted by Crippen LogP contribution is -3.00. The van der Waals surface area contributed by atoms with Crippen LogP contribution in [0.4, 0.5) is 0 Å². The zero-order chi connectivity index (χ0) is 14.5. The third kappa shape index (κ3) is 6.12. The molecule has 1 aliphatic heterocycles. The van der Waals surface area contributed by atoms with Gasteiger partial charge < -0.3 is 39.9 Å². The SMILES string of the molecule is Brc1ccc(-c2ccc(CNCC3CCNCC3)o2)cc1.[Cl-].[Cl-]. The van der Waals surface area contributed by atoms with Gasteiger partial charge in [0.15, 0.2) is 0 Å². The van der Waals surface area contributed by atoms with Crippen molar-refractivity contribution in [2.45, 2.75) is 19.4 Å². The van der Waals surface area contributed by atoms with Crippen LogP contribution in [0.1, 0.15) is 18.6 Å². The Morgan fingerprint density at radius 1 is 1.04 bits per heavy atom. The first-order valence-corrected chi connectivity index (χ1v) is 8.36. The molecule has 0 bridgehead atoms. The van der Waals surface area contributed by atoms with E-state index in [-0.39, 0.29) is 24.8 Å². The number of furan rings is 1. The molecule has 128 valence electrons. The summed E-state index contributed by atoms with van der Waals surface area (Å²) in [5.41, 5.74) is 1.11. The lowest BCUT2D eigenvalue weighted by molar-refractivity contribution is -0.00100. The molecule has 1 saturated heterocycles. The van der Waals surface area contributed by atoms with Gasteiger partial charge in [0, 0.05) is 10.0 Å². The normalized spacial score (nSPS) is 14.8. The van der Waals surface area contributed by atoms with Gasteiger partial charge in [-0.25, -0.2) is 0 Å². The maximum atomic E-state index is 5.91. The molecule has 0 saturated carbocycles. The molecule has 23 heavy (non-hydrogen) atoms. The first-order valence-electron chi connectivity index (χ1n) is 7.57. The van der Waals surface area contributed by atoms with Gasteiger partial charge in [-0.1, -0.05) is 28.1 Å². The summed E-state index contributed by atoms with van der Waals surface area (Å²) in [5, 5.41) is 6.91. The molecule has 2 heterocycles. The average Bonchev–Trinajstić information content (AvgIpc) is 2.98. The Bertz CT molecular complexity index is 568. The standard InChI is InChI=1S/C17H21BrN2O.2ClH/c18-15-3-1-14(2-4-15)17-6-5-16(21-17)12-20-11-13-7-9-19-10-8-13;;/h1-6,13,19-20H,7-12H2;2*1H/p-2. The summed E-state index contributed by atoms with van der Waals surface area (Å²) in [6.45, 7) is 4.19. The zero-order valence-corrected chi connectivity index (χ0v) is 15.9. The Morgan fingerprint density at radius 3 is 2.43 bits per heavy atom. The van der Waals surface area contributed by atoms with E-state index in [4.69, 9.17) is 4.42 Å². The number of hydrogen-bond donors (Lipinski definition) is 2. The van der Waals surface area contributed by atoms with Crippen molar-refractivity contribution in [3.05, 3.63) is 46.6 Å². The molecule has 2 N–H and O–H groups in total. The molecule has 0 aliphatic carbocycles. The number of benzene rings is 1. The second-order valence-electron chi connectivity index (χ2n) is 5.60. The summed E-state index contributed by atoms with van der Waals surface area (Å²) in [6.07, 6.45) is 2.55. The monoisotopic (exact) mass is 418 g/mol. The first kappa shape index (κ1) is 20.5. The van der Waals surface area contributed by atoms with Gasteiger partial charge in [-0.15, -0.1) is 0 Å². The van der Waals surface area contributed by atoms with E-state index in [1.807, 2.05) is 18.2 Å². The van der Waals surface area contributed by atoms with E-state index in [1.54, 1.807) is 0 Å². The predicted octanol–water partition coefficient (Wildman–Crippen LogP) is -2.19. The molecule has 0 unspecified atom stereocenters. The summed E-state index contributed by atoms with van der Waals surface area (Å²) in [5.74, 6) is 2.73. The molecule has 3 nitrogen and oxygen atoms in total. The fraction of sp³-hybridized carbons (Fsp3) is 0.412. The lowest BCUT2D eigenvalue weighted by atomic mass is 9.98. The quantitative estimate of drug-likeness (QED) is 0.578. The average molecular weight is 420 g/mol. The Labute approximate surface area is 158 Å². The van der Waals surface area contributed by atoms with Gasteiger partial charge in [0.25, 0.3) is 0 Å². The third-order valence-electron chi connectivity index (χ3n) is 3.98. The largest absolute Gasteiger partial charge is 1.00 e. The number of rotatable bonds is 5. The van der Waals surface area contributed by atoms with E-state index in [0.29, 0.717) is 0 Å². The highest BCUT2D eigenvalue weighted by atomic mass is 79.9. The van der Waals surface area contributed by atoms with Crippen molar-refractivity contribution in [2.24, 2.45) is 5.92 Å². The second kappa shape index (κ2) is 10.4. The summed E-state index contributed by atoms with van der Waals surface area (Å²) >= 11 is 3.45. The van der Waals surface area contributed by atoms with Crippen LogP contribution in [0.2, 0.25) is 0 Å². The minimum Gasteiger partial charge on any atom is -1.00 e. The van der Waals surface area contributed by atoms with Crippen LogP contribution in [-0.4, -0.2) is 19.6 Å². The number of halogens is 3. The molecule has 0 radical (unpaired) electrons. The topological polar surface area (TPSA) is 37.2 Å². The Balaban J connectivity index is 0.00000132. The minimum absolute atomic E-state index is 0. The van der Waals surface area contributed by atoms with Gasteiger partial charge >= 0.3 is 0 Å². The van der Waals surface area contributed by atoms with Gasteiger partial charge in [-0.05, 0) is 62.7 Å². The van der Waals surface area contributed by atoms with Gasteiger partial charge in [0.1, 0.15) is 11.5 Å². The molecule has 0 atom stereocenters. The maximum absolute atomic E-state index is 5.91. The summed E-state index contributed by atoms with van der Waals surface area (Å²) in [7, 11) is 0. The highest BCUT2D eigenvalue weighted by molar-refractivity contribution is 9.10. The summed E-state index contributed by atoms with van der Waals surface area (Å²) in [4.78, 5) is 0.